The molecule has 1 atom stereocenters. The molecule has 3 amide bonds. The SMILES string of the molecule is O=C(NC[C@H]1CN(c2ccc(N3CCN(C(=O)CCCOP(=O)(O)O)C=N3)cc2)C(=O)O1)c1ccc(Cl)s1. The third kappa shape index (κ3) is 7.53. The minimum absolute atomic E-state index is 0.0692. The van der Waals surface area contributed by atoms with Crippen LogP contribution < -0.4 is 15.2 Å². The number of nitrogens with zero attached hydrogens (tertiary/aromatic N) is 4. The molecule has 3 N–H and O–H groups in total. The van der Waals surface area contributed by atoms with Gasteiger partial charge in [0.1, 0.15) is 12.4 Å². The third-order valence-corrected chi connectivity index (χ3v) is 7.37. The minimum atomic E-state index is -4.54. The van der Waals surface area contributed by atoms with Crippen LogP contribution in [0.5, 0.6) is 0 Å². The summed E-state index contributed by atoms with van der Waals surface area (Å²) in [6.45, 7) is 1.05. The van der Waals surface area contributed by atoms with Gasteiger partial charge in [-0.25, -0.2) is 9.36 Å². The van der Waals surface area contributed by atoms with E-state index in [-0.39, 0.29) is 44.4 Å². The van der Waals surface area contributed by atoms with E-state index in [9.17, 15) is 18.9 Å². The number of nitrogens with one attached hydrogen (secondary N) is 1. The molecule has 2 aliphatic heterocycles. The number of carbonyl (C=O) groups is 3. The fourth-order valence-electron chi connectivity index (χ4n) is 3.75. The molecule has 0 aliphatic carbocycles. The maximum atomic E-state index is 12.4. The lowest BCUT2D eigenvalue weighted by Gasteiger charge is -2.29. The van der Waals surface area contributed by atoms with Gasteiger partial charge in [-0.1, -0.05) is 11.6 Å². The summed E-state index contributed by atoms with van der Waals surface area (Å²) in [7, 11) is -4.54. The summed E-state index contributed by atoms with van der Waals surface area (Å²) >= 11 is 7.03. The number of hydrogen-bond acceptors (Lipinski definition) is 9. The Hall–Kier alpha value is -3.00. The largest absolute Gasteiger partial charge is 0.469 e. The number of thiophene rings is 1. The van der Waals surface area contributed by atoms with Gasteiger partial charge in [-0.2, -0.15) is 5.10 Å². The average molecular weight is 586 g/mol. The summed E-state index contributed by atoms with van der Waals surface area (Å²) in [6, 6.07) is 10.4. The molecule has 4 rings (SSSR count). The van der Waals surface area contributed by atoms with Gasteiger partial charge in [0.05, 0.1) is 41.1 Å². The van der Waals surface area contributed by atoms with Crippen LogP contribution in [0.1, 0.15) is 22.5 Å². The van der Waals surface area contributed by atoms with Crippen molar-refractivity contribution in [1.29, 1.82) is 0 Å². The zero-order chi connectivity index (χ0) is 27.3. The predicted molar refractivity (Wildman–Crippen MR) is 141 cm³/mol. The number of anilines is 2. The van der Waals surface area contributed by atoms with Gasteiger partial charge in [-0.15, -0.1) is 11.3 Å². The topological polar surface area (TPSA) is 161 Å². The van der Waals surface area contributed by atoms with E-state index in [2.05, 4.69) is 14.9 Å². The standard InChI is InChI=1S/C22H25ClN5O8PS/c23-19-8-7-18(38-19)21(30)24-12-17-13-27(22(31)36-17)15-3-5-16(6-4-15)28-10-9-26(14-25-28)20(29)2-1-11-35-37(32,33)34/h3-8,14,17H,1-2,9-13H2,(H,24,30)(H2,32,33,34)/t17-/m0/s1. The van der Waals surface area contributed by atoms with Crippen molar-refractivity contribution in [1.82, 2.24) is 10.2 Å². The van der Waals surface area contributed by atoms with Gasteiger partial charge in [-0.3, -0.25) is 28.9 Å². The molecule has 2 aliphatic rings. The summed E-state index contributed by atoms with van der Waals surface area (Å²) in [4.78, 5) is 57.6. The van der Waals surface area contributed by atoms with Crippen molar-refractivity contribution < 1.29 is 38.0 Å². The highest BCUT2D eigenvalue weighted by Crippen LogP contribution is 2.35. The molecular formula is C22H25ClN5O8PS. The molecule has 16 heteroatoms. The van der Waals surface area contributed by atoms with E-state index in [1.807, 2.05) is 0 Å². The fraction of sp³-hybridized carbons (Fsp3) is 0.364. The fourth-order valence-corrected chi connectivity index (χ4v) is 5.08. The van der Waals surface area contributed by atoms with Crippen molar-refractivity contribution in [2.24, 2.45) is 5.10 Å². The molecule has 13 nitrogen and oxygen atoms in total. The number of benzene rings is 1. The maximum absolute atomic E-state index is 12.4. The first-order valence-corrected chi connectivity index (χ1v) is 14.2. The Morgan fingerprint density at radius 2 is 1.92 bits per heavy atom. The number of amides is 3. The maximum Gasteiger partial charge on any atom is 0.469 e. The number of phosphoric acid groups is 1. The van der Waals surface area contributed by atoms with Gasteiger partial charge < -0.3 is 19.8 Å². The Bertz CT molecular complexity index is 1250. The Morgan fingerprint density at radius 3 is 2.55 bits per heavy atom. The number of halogens is 1. The summed E-state index contributed by atoms with van der Waals surface area (Å²) < 4.78 is 20.9. The van der Waals surface area contributed by atoms with E-state index in [4.69, 9.17) is 26.1 Å². The molecule has 204 valence electrons. The van der Waals surface area contributed by atoms with Gasteiger partial charge in [0.15, 0.2) is 0 Å². The molecule has 38 heavy (non-hydrogen) atoms. The lowest BCUT2D eigenvalue weighted by atomic mass is 10.2. The van der Waals surface area contributed by atoms with Gasteiger partial charge in [0.25, 0.3) is 5.91 Å². The van der Waals surface area contributed by atoms with Crippen molar-refractivity contribution in [3.05, 3.63) is 45.6 Å². The second kappa shape index (κ2) is 12.2. The molecule has 1 fully saturated rings. The highest BCUT2D eigenvalue weighted by Gasteiger charge is 2.32. The predicted octanol–water partition coefficient (Wildman–Crippen LogP) is 2.64. The van der Waals surface area contributed by atoms with E-state index < -0.39 is 20.0 Å². The number of phosphoric ester groups is 1. The van der Waals surface area contributed by atoms with Crippen LogP contribution in [-0.2, 0) is 18.6 Å². The van der Waals surface area contributed by atoms with Crippen molar-refractivity contribution in [2.45, 2.75) is 18.9 Å². The van der Waals surface area contributed by atoms with Crippen molar-refractivity contribution >= 4 is 66.4 Å². The highest BCUT2D eigenvalue weighted by atomic mass is 35.5. The number of hydrazone groups is 1. The van der Waals surface area contributed by atoms with E-state index in [1.165, 1.54) is 27.5 Å². The van der Waals surface area contributed by atoms with Crippen LogP contribution in [0.2, 0.25) is 4.34 Å². The summed E-state index contributed by atoms with van der Waals surface area (Å²) in [6.07, 6.45) is 0.645. The molecule has 1 aromatic heterocycles. The summed E-state index contributed by atoms with van der Waals surface area (Å²) in [5.41, 5.74) is 1.39. The monoisotopic (exact) mass is 585 g/mol. The van der Waals surface area contributed by atoms with E-state index in [0.29, 0.717) is 28.0 Å². The minimum Gasteiger partial charge on any atom is -0.442 e. The second-order valence-electron chi connectivity index (χ2n) is 8.32. The molecule has 0 bridgehead atoms. The van der Waals surface area contributed by atoms with Crippen LogP contribution in [0.3, 0.4) is 0 Å². The van der Waals surface area contributed by atoms with Crippen LogP contribution in [0.15, 0.2) is 41.5 Å². The molecule has 0 unspecified atom stereocenters. The van der Waals surface area contributed by atoms with E-state index in [1.54, 1.807) is 41.4 Å². The van der Waals surface area contributed by atoms with Crippen LogP contribution in [-0.4, -0.2) is 77.8 Å². The van der Waals surface area contributed by atoms with Crippen LogP contribution in [0.25, 0.3) is 0 Å². The van der Waals surface area contributed by atoms with Gasteiger partial charge >= 0.3 is 13.9 Å². The molecule has 1 saturated heterocycles. The van der Waals surface area contributed by atoms with Crippen LogP contribution >= 0.6 is 30.8 Å². The highest BCUT2D eigenvalue weighted by molar-refractivity contribution is 7.46. The number of carbonyl (C=O) groups excluding carboxylic acids is 3. The van der Waals surface area contributed by atoms with Crippen molar-refractivity contribution in [3.8, 4) is 0 Å². The summed E-state index contributed by atoms with van der Waals surface area (Å²) in [5, 5.41) is 8.76. The van der Waals surface area contributed by atoms with Crippen molar-refractivity contribution in [2.75, 3.05) is 42.7 Å². The van der Waals surface area contributed by atoms with Crippen LogP contribution in [0, 0.1) is 0 Å². The zero-order valence-electron chi connectivity index (χ0n) is 19.9. The molecule has 0 radical (unpaired) electrons. The molecular weight excluding hydrogens is 561 g/mol. The van der Waals surface area contributed by atoms with Gasteiger partial charge in [0.2, 0.25) is 5.91 Å². The van der Waals surface area contributed by atoms with Gasteiger partial charge in [-0.05, 0) is 42.8 Å². The lowest BCUT2D eigenvalue weighted by Crippen LogP contribution is -2.41. The molecule has 2 aromatic rings. The second-order valence-corrected chi connectivity index (χ2v) is 11.3. The van der Waals surface area contributed by atoms with Crippen LogP contribution in [0.4, 0.5) is 16.2 Å². The number of hydrogen-bond donors (Lipinski definition) is 3. The number of ether oxygens (including phenoxy) is 1. The average Bonchev–Trinajstić information content (AvgIpc) is 3.50. The van der Waals surface area contributed by atoms with Crippen molar-refractivity contribution in [3.63, 3.8) is 0 Å². The molecule has 0 saturated carbocycles. The zero-order valence-corrected chi connectivity index (χ0v) is 22.4. The Kier molecular flexibility index (Phi) is 9.03. The first kappa shape index (κ1) is 28.0. The normalized spacial score (nSPS) is 17.6. The Morgan fingerprint density at radius 1 is 1.18 bits per heavy atom. The summed E-state index contributed by atoms with van der Waals surface area (Å²) in [5.74, 6) is -0.507. The first-order chi connectivity index (χ1) is 18.1. The quantitative estimate of drug-likeness (QED) is 0.281. The Labute approximate surface area is 226 Å². The Balaban J connectivity index is 1.25. The molecule has 1 aromatic carbocycles. The van der Waals surface area contributed by atoms with E-state index >= 15 is 0 Å². The number of cyclic esters (lactones) is 1. The van der Waals surface area contributed by atoms with Gasteiger partial charge in [0, 0.05) is 18.7 Å². The lowest BCUT2D eigenvalue weighted by molar-refractivity contribution is -0.127. The molecule has 3 heterocycles. The molecule has 0 spiro atoms. The third-order valence-electron chi connectivity index (χ3n) is 5.62. The number of rotatable bonds is 10. The van der Waals surface area contributed by atoms with E-state index in [0.717, 1.165) is 5.69 Å². The smallest absolute Gasteiger partial charge is 0.442 e. The first-order valence-electron chi connectivity index (χ1n) is 11.5.